The highest BCUT2D eigenvalue weighted by atomic mass is 32.2. The monoisotopic (exact) mass is 368 g/mol. The first-order valence-electron chi connectivity index (χ1n) is 8.52. The number of nitrogens with zero attached hydrogens (tertiary/aromatic N) is 2. The fraction of sp³-hybridized carbons (Fsp3) is 0.588. The van der Waals surface area contributed by atoms with Crippen molar-refractivity contribution in [2.75, 3.05) is 39.0 Å². The van der Waals surface area contributed by atoms with Crippen LogP contribution in [0.5, 0.6) is 0 Å². The summed E-state index contributed by atoms with van der Waals surface area (Å²) in [7, 11) is -0.303. The van der Waals surface area contributed by atoms with Crippen molar-refractivity contribution >= 4 is 21.8 Å². The zero-order chi connectivity index (χ0) is 18.4. The van der Waals surface area contributed by atoms with Gasteiger partial charge >= 0.3 is 0 Å². The molecular weight excluding hydrogens is 340 g/mol. The number of amides is 1. The van der Waals surface area contributed by atoms with E-state index in [1.54, 1.807) is 0 Å². The molecule has 1 aliphatic rings. The lowest BCUT2D eigenvalue weighted by Gasteiger charge is -2.33. The maximum atomic E-state index is 11.8. The number of carbonyl (C=O) groups excluding carboxylic acids is 1. The summed E-state index contributed by atoms with van der Waals surface area (Å²) in [4.78, 5) is 13.4. The second-order valence-corrected chi connectivity index (χ2v) is 8.73. The van der Waals surface area contributed by atoms with E-state index in [-0.39, 0.29) is 5.91 Å². The molecule has 1 saturated heterocycles. The van der Waals surface area contributed by atoms with E-state index in [0.717, 1.165) is 38.2 Å². The molecule has 0 spiro atoms. The van der Waals surface area contributed by atoms with Crippen LogP contribution < -0.4 is 10.0 Å². The van der Waals surface area contributed by atoms with Gasteiger partial charge in [0.1, 0.15) is 0 Å². The number of carbonyl (C=O) groups is 1. The number of hydrogen-bond donors (Lipinski definition) is 2. The molecule has 140 valence electrons. The topological polar surface area (TPSA) is 81.8 Å². The summed E-state index contributed by atoms with van der Waals surface area (Å²) in [5.74, 6) is 0.244. The summed E-state index contributed by atoms with van der Waals surface area (Å²) in [5.41, 5.74) is 1.98. The predicted molar refractivity (Wildman–Crippen MR) is 99.4 cm³/mol. The summed E-state index contributed by atoms with van der Waals surface area (Å²) in [5, 5.41) is 2.76. The number of hydrogen-bond acceptors (Lipinski definition) is 4. The molecule has 1 aliphatic heterocycles. The van der Waals surface area contributed by atoms with E-state index in [4.69, 9.17) is 0 Å². The summed E-state index contributed by atoms with van der Waals surface area (Å²) >= 11 is 0. The minimum Gasteiger partial charge on any atom is -0.326 e. The van der Waals surface area contributed by atoms with Gasteiger partial charge in [-0.2, -0.15) is 12.7 Å². The molecule has 25 heavy (non-hydrogen) atoms. The van der Waals surface area contributed by atoms with E-state index >= 15 is 0 Å². The lowest BCUT2D eigenvalue weighted by molar-refractivity contribution is -0.114. The molecule has 0 aliphatic carbocycles. The summed E-state index contributed by atoms with van der Waals surface area (Å²) in [6, 6.07) is 7.85. The van der Waals surface area contributed by atoms with Gasteiger partial charge in [0.15, 0.2) is 0 Å². The van der Waals surface area contributed by atoms with Crippen LogP contribution in [0, 0.1) is 5.92 Å². The van der Waals surface area contributed by atoms with Gasteiger partial charge in [-0.15, -0.1) is 0 Å². The molecular formula is C17H28N4O3S. The van der Waals surface area contributed by atoms with Gasteiger partial charge in [0.05, 0.1) is 0 Å². The molecule has 0 aromatic heterocycles. The van der Waals surface area contributed by atoms with Gasteiger partial charge in [-0.05, 0) is 43.0 Å². The minimum absolute atomic E-state index is 0.0770. The third kappa shape index (κ3) is 6.39. The zero-order valence-corrected chi connectivity index (χ0v) is 16.0. The molecule has 1 aromatic carbocycles. The Morgan fingerprint density at radius 1 is 1.28 bits per heavy atom. The highest BCUT2D eigenvalue weighted by molar-refractivity contribution is 7.87. The van der Waals surface area contributed by atoms with Gasteiger partial charge in [0.2, 0.25) is 5.91 Å². The number of rotatable bonds is 7. The Labute approximate surface area is 150 Å². The highest BCUT2D eigenvalue weighted by Gasteiger charge is 2.22. The number of piperidine rings is 1. The maximum Gasteiger partial charge on any atom is 0.278 e. The second-order valence-electron chi connectivity index (χ2n) is 6.76. The smallest absolute Gasteiger partial charge is 0.278 e. The van der Waals surface area contributed by atoms with Crippen molar-refractivity contribution in [3.63, 3.8) is 0 Å². The predicted octanol–water partition coefficient (Wildman–Crippen LogP) is 1.25. The van der Waals surface area contributed by atoms with E-state index in [1.807, 2.05) is 24.3 Å². The van der Waals surface area contributed by atoms with Crippen molar-refractivity contribution < 1.29 is 13.2 Å². The number of nitrogens with one attached hydrogen (secondary N) is 2. The van der Waals surface area contributed by atoms with Crippen LogP contribution in [0.15, 0.2) is 24.3 Å². The van der Waals surface area contributed by atoms with E-state index in [0.29, 0.717) is 12.5 Å². The largest absolute Gasteiger partial charge is 0.326 e. The zero-order valence-electron chi connectivity index (χ0n) is 15.2. The Morgan fingerprint density at radius 3 is 2.56 bits per heavy atom. The Morgan fingerprint density at radius 2 is 1.96 bits per heavy atom. The van der Waals surface area contributed by atoms with E-state index in [9.17, 15) is 13.2 Å². The summed E-state index contributed by atoms with van der Waals surface area (Å²) in [6.07, 6.45) is 2.10. The van der Waals surface area contributed by atoms with E-state index in [1.165, 1.54) is 30.9 Å². The van der Waals surface area contributed by atoms with Crippen molar-refractivity contribution in [3.05, 3.63) is 29.8 Å². The fourth-order valence-corrected chi connectivity index (χ4v) is 3.67. The SMILES string of the molecule is CC(=O)Nc1ccc(CN2CCCC(CNS(=O)(=O)N(C)C)C2)cc1. The van der Waals surface area contributed by atoms with Crippen LogP contribution in [-0.2, 0) is 21.5 Å². The van der Waals surface area contributed by atoms with Crippen molar-refractivity contribution in [1.29, 1.82) is 0 Å². The second kappa shape index (κ2) is 8.75. The molecule has 1 heterocycles. The number of likely N-dealkylation sites (tertiary alicyclic amines) is 1. The van der Waals surface area contributed by atoms with Crippen LogP contribution >= 0.6 is 0 Å². The standard InChI is InChI=1S/C17H28N4O3S/c1-14(22)19-17-8-6-15(7-9-17)12-21-10-4-5-16(13-21)11-18-25(23,24)20(2)3/h6-9,16,18H,4-5,10-13H2,1-3H3,(H,19,22). The molecule has 8 heteroatoms. The number of benzene rings is 1. The van der Waals surface area contributed by atoms with Crippen LogP contribution in [0.4, 0.5) is 5.69 Å². The lowest BCUT2D eigenvalue weighted by atomic mass is 9.98. The molecule has 0 bridgehead atoms. The van der Waals surface area contributed by atoms with Gasteiger partial charge in [-0.1, -0.05) is 12.1 Å². The molecule has 1 fully saturated rings. The maximum absolute atomic E-state index is 11.8. The molecule has 1 aromatic rings. The normalized spacial score (nSPS) is 19.1. The van der Waals surface area contributed by atoms with Crippen molar-refractivity contribution in [2.24, 2.45) is 5.92 Å². The molecule has 1 amide bonds. The molecule has 1 unspecified atom stereocenters. The first-order chi connectivity index (χ1) is 11.8. The van der Waals surface area contributed by atoms with Gasteiger partial charge < -0.3 is 5.32 Å². The summed E-state index contributed by atoms with van der Waals surface area (Å²) < 4.78 is 27.5. The Kier molecular flexibility index (Phi) is 6.95. The van der Waals surface area contributed by atoms with Crippen LogP contribution in [0.25, 0.3) is 0 Å². The molecule has 7 nitrogen and oxygen atoms in total. The molecule has 0 saturated carbocycles. The van der Waals surface area contributed by atoms with Gasteiger partial charge in [0.25, 0.3) is 10.2 Å². The number of anilines is 1. The third-order valence-electron chi connectivity index (χ3n) is 4.32. The highest BCUT2D eigenvalue weighted by Crippen LogP contribution is 2.19. The van der Waals surface area contributed by atoms with Gasteiger partial charge in [-0.25, -0.2) is 4.72 Å². The van der Waals surface area contributed by atoms with Gasteiger partial charge in [-0.3, -0.25) is 9.69 Å². The van der Waals surface area contributed by atoms with Crippen molar-refractivity contribution in [1.82, 2.24) is 13.9 Å². The average Bonchev–Trinajstić information content (AvgIpc) is 2.55. The Balaban J connectivity index is 1.85. The quantitative estimate of drug-likeness (QED) is 0.759. The van der Waals surface area contributed by atoms with Crippen molar-refractivity contribution in [3.8, 4) is 0 Å². The third-order valence-corrected chi connectivity index (χ3v) is 5.81. The fourth-order valence-electron chi connectivity index (χ4n) is 2.97. The average molecular weight is 369 g/mol. The van der Waals surface area contributed by atoms with Crippen LogP contribution in [0.3, 0.4) is 0 Å². The summed E-state index contributed by atoms with van der Waals surface area (Å²) in [6.45, 7) is 4.69. The molecule has 0 radical (unpaired) electrons. The van der Waals surface area contributed by atoms with E-state index < -0.39 is 10.2 Å². The molecule has 1 atom stereocenters. The first-order valence-corrected chi connectivity index (χ1v) is 9.96. The molecule has 2 rings (SSSR count). The molecule has 2 N–H and O–H groups in total. The Hall–Kier alpha value is -1.48. The lowest BCUT2D eigenvalue weighted by Crippen LogP contribution is -2.43. The van der Waals surface area contributed by atoms with Gasteiger partial charge in [0, 0.05) is 46.3 Å². The van der Waals surface area contributed by atoms with Crippen LogP contribution in [0.1, 0.15) is 25.3 Å². The van der Waals surface area contributed by atoms with Crippen LogP contribution in [0.2, 0.25) is 0 Å². The van der Waals surface area contributed by atoms with Crippen LogP contribution in [-0.4, -0.2) is 57.3 Å². The minimum atomic E-state index is -3.36. The Bertz CT molecular complexity index is 674. The van der Waals surface area contributed by atoms with E-state index in [2.05, 4.69) is 14.9 Å². The van der Waals surface area contributed by atoms with Crippen molar-refractivity contribution in [2.45, 2.75) is 26.3 Å². The first kappa shape index (κ1) is 19.8.